The summed E-state index contributed by atoms with van der Waals surface area (Å²) in [5.41, 5.74) is 4.15. The molecule has 0 aromatic heterocycles. The van der Waals surface area contributed by atoms with Gasteiger partial charge in [0.1, 0.15) is 5.75 Å². The van der Waals surface area contributed by atoms with Crippen molar-refractivity contribution in [2.24, 2.45) is 0 Å². The Morgan fingerprint density at radius 2 is 1.62 bits per heavy atom. The van der Waals surface area contributed by atoms with Crippen molar-refractivity contribution in [3.63, 3.8) is 0 Å². The van der Waals surface area contributed by atoms with Crippen LogP contribution in [0.4, 0.5) is 5.69 Å². The molecule has 0 spiro atoms. The van der Waals surface area contributed by atoms with E-state index in [-0.39, 0.29) is 11.8 Å². The zero-order valence-electron chi connectivity index (χ0n) is 18.8. The summed E-state index contributed by atoms with van der Waals surface area (Å²) >= 11 is 0. The number of amides is 2. The number of anilines is 1. The van der Waals surface area contributed by atoms with Crippen LogP contribution in [-0.2, 0) is 4.79 Å². The first-order chi connectivity index (χ1) is 15.4. The number of likely N-dealkylation sites (N-methyl/N-ethyl adjacent to an activating group) is 1. The Bertz CT molecular complexity index is 1120. The van der Waals surface area contributed by atoms with Crippen LogP contribution in [0, 0.1) is 0 Å². The molecule has 5 nitrogen and oxygen atoms in total. The van der Waals surface area contributed by atoms with Crippen LogP contribution in [0.2, 0.25) is 0 Å². The number of ether oxygens (including phenoxy) is 1. The van der Waals surface area contributed by atoms with Crippen LogP contribution in [-0.4, -0.2) is 30.9 Å². The molecule has 0 saturated heterocycles. The van der Waals surface area contributed by atoms with Crippen molar-refractivity contribution in [1.82, 2.24) is 4.90 Å². The molecular weight excluding hydrogens is 400 g/mol. The molecule has 2 amide bonds. The molecule has 0 unspecified atom stereocenters. The van der Waals surface area contributed by atoms with Crippen LogP contribution in [0.15, 0.2) is 72.8 Å². The summed E-state index contributed by atoms with van der Waals surface area (Å²) in [4.78, 5) is 28.4. The molecule has 32 heavy (non-hydrogen) atoms. The number of methoxy groups -OCH3 is 1. The average Bonchev–Trinajstić information content (AvgIpc) is 2.81. The molecule has 4 rings (SSSR count). The van der Waals surface area contributed by atoms with E-state index in [4.69, 9.17) is 4.74 Å². The fourth-order valence-corrected chi connectivity index (χ4v) is 4.35. The SMILES string of the molecule is COc1ccc([C@@H]2[C@@H](C(=O)Nc3ccc(C(C)C)cc3)c3ccccc3C(=O)N2C)cc1. The van der Waals surface area contributed by atoms with Gasteiger partial charge in [0, 0.05) is 18.3 Å². The number of rotatable bonds is 5. The van der Waals surface area contributed by atoms with E-state index in [0.717, 1.165) is 22.6 Å². The second kappa shape index (κ2) is 8.87. The topological polar surface area (TPSA) is 58.6 Å². The van der Waals surface area contributed by atoms with Crippen molar-refractivity contribution in [2.45, 2.75) is 31.7 Å². The number of carbonyl (C=O) groups excluding carboxylic acids is 2. The summed E-state index contributed by atoms with van der Waals surface area (Å²) < 4.78 is 5.28. The summed E-state index contributed by atoms with van der Waals surface area (Å²) in [6.07, 6.45) is 0. The third-order valence-corrected chi connectivity index (χ3v) is 6.16. The van der Waals surface area contributed by atoms with Crippen LogP contribution in [0.5, 0.6) is 5.75 Å². The van der Waals surface area contributed by atoms with Crippen LogP contribution < -0.4 is 10.1 Å². The molecule has 1 aliphatic rings. The lowest BCUT2D eigenvalue weighted by atomic mass is 9.79. The minimum absolute atomic E-state index is 0.0910. The van der Waals surface area contributed by atoms with Gasteiger partial charge in [-0.3, -0.25) is 9.59 Å². The van der Waals surface area contributed by atoms with Gasteiger partial charge in [0.05, 0.1) is 19.1 Å². The Kier molecular flexibility index (Phi) is 5.99. The van der Waals surface area contributed by atoms with Gasteiger partial charge in [0.15, 0.2) is 0 Å². The Morgan fingerprint density at radius 3 is 2.25 bits per heavy atom. The summed E-state index contributed by atoms with van der Waals surface area (Å²) in [6, 6.07) is 22.4. The molecule has 2 atom stereocenters. The van der Waals surface area contributed by atoms with Crippen molar-refractivity contribution in [2.75, 3.05) is 19.5 Å². The Morgan fingerprint density at radius 1 is 0.969 bits per heavy atom. The minimum atomic E-state index is -0.549. The lowest BCUT2D eigenvalue weighted by molar-refractivity contribution is -0.119. The Balaban J connectivity index is 1.74. The zero-order valence-corrected chi connectivity index (χ0v) is 18.8. The molecule has 0 radical (unpaired) electrons. The molecular formula is C27H28N2O3. The van der Waals surface area contributed by atoms with Crippen LogP contribution in [0.1, 0.15) is 58.8 Å². The number of fused-ring (bicyclic) bond motifs is 1. The van der Waals surface area contributed by atoms with Gasteiger partial charge in [0.25, 0.3) is 5.91 Å². The quantitative estimate of drug-likeness (QED) is 0.595. The van der Waals surface area contributed by atoms with E-state index in [1.54, 1.807) is 25.1 Å². The third kappa shape index (κ3) is 3.98. The number of nitrogens with zero attached hydrogens (tertiary/aromatic N) is 1. The highest BCUT2D eigenvalue weighted by atomic mass is 16.5. The third-order valence-electron chi connectivity index (χ3n) is 6.16. The summed E-state index contributed by atoms with van der Waals surface area (Å²) in [6.45, 7) is 4.28. The largest absolute Gasteiger partial charge is 0.497 e. The van der Waals surface area contributed by atoms with Gasteiger partial charge < -0.3 is 15.0 Å². The van der Waals surface area contributed by atoms with E-state index in [0.29, 0.717) is 11.5 Å². The molecule has 0 aliphatic carbocycles. The average molecular weight is 429 g/mol. The van der Waals surface area contributed by atoms with Gasteiger partial charge in [0.2, 0.25) is 5.91 Å². The van der Waals surface area contributed by atoms with Gasteiger partial charge in [-0.15, -0.1) is 0 Å². The molecule has 3 aromatic carbocycles. The van der Waals surface area contributed by atoms with Crippen LogP contribution in [0.25, 0.3) is 0 Å². The van der Waals surface area contributed by atoms with E-state index in [1.807, 2.05) is 66.7 Å². The molecule has 1 heterocycles. The lowest BCUT2D eigenvalue weighted by Gasteiger charge is -2.39. The fraction of sp³-hybridized carbons (Fsp3) is 0.259. The molecule has 5 heteroatoms. The van der Waals surface area contributed by atoms with Crippen molar-refractivity contribution < 1.29 is 14.3 Å². The molecule has 164 valence electrons. The summed E-state index contributed by atoms with van der Waals surface area (Å²) in [7, 11) is 3.37. The van der Waals surface area contributed by atoms with Crippen molar-refractivity contribution >= 4 is 17.5 Å². The lowest BCUT2D eigenvalue weighted by Crippen LogP contribution is -2.44. The number of nitrogens with one attached hydrogen (secondary N) is 1. The molecule has 0 bridgehead atoms. The Labute approximate surface area is 189 Å². The van der Waals surface area contributed by atoms with Gasteiger partial charge in [-0.25, -0.2) is 0 Å². The van der Waals surface area contributed by atoms with E-state index >= 15 is 0 Å². The Hall–Kier alpha value is -3.60. The first kappa shape index (κ1) is 21.6. The predicted molar refractivity (Wildman–Crippen MR) is 126 cm³/mol. The fourth-order valence-electron chi connectivity index (χ4n) is 4.35. The normalized spacial score (nSPS) is 17.8. The maximum absolute atomic E-state index is 13.6. The maximum atomic E-state index is 13.6. The summed E-state index contributed by atoms with van der Waals surface area (Å²) in [5.74, 6) is 0.364. The smallest absolute Gasteiger partial charge is 0.254 e. The molecule has 1 N–H and O–H groups in total. The highest BCUT2D eigenvalue weighted by Gasteiger charge is 2.42. The monoisotopic (exact) mass is 428 g/mol. The number of benzene rings is 3. The predicted octanol–water partition coefficient (Wildman–Crippen LogP) is 5.37. The van der Waals surface area contributed by atoms with E-state index in [9.17, 15) is 9.59 Å². The van der Waals surface area contributed by atoms with E-state index in [2.05, 4.69) is 19.2 Å². The first-order valence-corrected chi connectivity index (χ1v) is 10.8. The minimum Gasteiger partial charge on any atom is -0.497 e. The second-order valence-corrected chi connectivity index (χ2v) is 8.46. The van der Waals surface area contributed by atoms with Gasteiger partial charge in [-0.1, -0.05) is 56.3 Å². The second-order valence-electron chi connectivity index (χ2n) is 8.46. The van der Waals surface area contributed by atoms with E-state index < -0.39 is 12.0 Å². The number of hydrogen-bond donors (Lipinski definition) is 1. The van der Waals surface area contributed by atoms with E-state index in [1.165, 1.54) is 5.56 Å². The number of hydrogen-bond acceptors (Lipinski definition) is 3. The van der Waals surface area contributed by atoms with Gasteiger partial charge in [-0.2, -0.15) is 0 Å². The standard InChI is InChI=1S/C27H28N2O3/c1-17(2)18-9-13-20(14-10-18)28-26(30)24-22-7-5-6-8-23(22)27(31)29(3)25(24)19-11-15-21(32-4)16-12-19/h5-17,24-25H,1-4H3,(H,28,30)/t24-,25+/m0/s1. The molecule has 0 fully saturated rings. The maximum Gasteiger partial charge on any atom is 0.254 e. The molecule has 1 aliphatic heterocycles. The summed E-state index contributed by atoms with van der Waals surface area (Å²) in [5, 5.41) is 3.07. The highest BCUT2D eigenvalue weighted by molar-refractivity contribution is 6.04. The number of carbonyl (C=O) groups is 2. The van der Waals surface area contributed by atoms with Crippen molar-refractivity contribution in [3.8, 4) is 5.75 Å². The van der Waals surface area contributed by atoms with Crippen LogP contribution in [0.3, 0.4) is 0 Å². The van der Waals surface area contributed by atoms with Crippen molar-refractivity contribution in [1.29, 1.82) is 0 Å². The van der Waals surface area contributed by atoms with Gasteiger partial charge >= 0.3 is 0 Å². The highest BCUT2D eigenvalue weighted by Crippen LogP contribution is 2.42. The van der Waals surface area contributed by atoms with Crippen molar-refractivity contribution in [3.05, 3.63) is 95.1 Å². The first-order valence-electron chi connectivity index (χ1n) is 10.8. The van der Waals surface area contributed by atoms with Crippen LogP contribution >= 0.6 is 0 Å². The molecule has 0 saturated carbocycles. The van der Waals surface area contributed by atoms with Gasteiger partial charge in [-0.05, 0) is 52.9 Å². The molecule has 3 aromatic rings. The zero-order chi connectivity index (χ0) is 22.8.